The minimum atomic E-state index is 0.100. The summed E-state index contributed by atoms with van der Waals surface area (Å²) in [4.78, 5) is 0. The Hall–Kier alpha value is -1.84. The lowest BCUT2D eigenvalue weighted by Gasteiger charge is -1.98. The molecule has 0 bridgehead atoms. The summed E-state index contributed by atoms with van der Waals surface area (Å²) in [5.41, 5.74) is 0.686. The van der Waals surface area contributed by atoms with E-state index in [9.17, 15) is 5.11 Å². The van der Waals surface area contributed by atoms with Crippen LogP contribution in [0.25, 0.3) is 5.69 Å². The number of phenols is 1. The molecule has 0 aliphatic carbocycles. The van der Waals surface area contributed by atoms with Crippen LogP contribution in [0.15, 0.2) is 36.6 Å². The Morgan fingerprint density at radius 2 is 2.42 bits per heavy atom. The summed E-state index contributed by atoms with van der Waals surface area (Å²) in [7, 11) is 0. The van der Waals surface area contributed by atoms with E-state index >= 15 is 0 Å². The lowest BCUT2D eigenvalue weighted by molar-refractivity contribution is 0.474. The Labute approximate surface area is 70.5 Å². The Morgan fingerprint density at radius 3 is 3.08 bits per heavy atom. The highest BCUT2D eigenvalue weighted by molar-refractivity contribution is 5.37. The quantitative estimate of drug-likeness (QED) is 0.679. The Kier molecular flexibility index (Phi) is 1.28. The third kappa shape index (κ3) is 1.14. The predicted octanol–water partition coefficient (Wildman–Crippen LogP) is 0.973. The molecule has 0 aliphatic rings. The molecule has 4 heteroatoms. The summed E-state index contributed by atoms with van der Waals surface area (Å²) in [5.74, 6) is 0.166. The van der Waals surface area contributed by atoms with Gasteiger partial charge in [0.15, 0.2) is 0 Å². The van der Waals surface area contributed by atoms with Crippen molar-refractivity contribution in [2.75, 3.05) is 0 Å². The highest BCUT2D eigenvalue weighted by Crippen LogP contribution is 2.13. The van der Waals surface area contributed by atoms with Crippen molar-refractivity contribution < 1.29 is 6.48 Å². The number of phenolic OH excluding ortho intramolecular Hbond substituents is 1. The van der Waals surface area contributed by atoms with Crippen LogP contribution in [-0.2, 0) is 0 Å². The number of rotatable bonds is 1. The fraction of sp³-hybridized carbons (Fsp3) is 0. The third-order valence-corrected chi connectivity index (χ3v) is 1.47. The minimum Gasteiger partial charge on any atom is -0.508 e. The van der Waals surface area contributed by atoms with Crippen LogP contribution < -0.4 is 0 Å². The zero-order chi connectivity index (χ0) is 9.26. The number of aromatic hydroxyl groups is 1. The summed E-state index contributed by atoms with van der Waals surface area (Å²) in [6, 6.07) is 6.60. The maximum Gasteiger partial charge on any atom is 0.117 e. The molecule has 0 saturated heterocycles. The number of nitrogens with zero attached hydrogens (tertiary/aromatic N) is 3. The molecule has 2 rings (SSSR count). The molecule has 0 spiro atoms. The molecule has 4 nitrogen and oxygen atoms in total. The van der Waals surface area contributed by atoms with Crippen LogP contribution in [0.2, 0.25) is 0 Å². The molecule has 2 aromatic rings. The summed E-state index contributed by atoms with van der Waals surface area (Å²) >= 11 is 0. The number of hydrogen-bond donors (Lipinski definition) is 1. The highest BCUT2D eigenvalue weighted by Gasteiger charge is 1.96. The topological polar surface area (TPSA) is 50.9 Å². The van der Waals surface area contributed by atoms with Crippen molar-refractivity contribution in [1.82, 2.24) is 15.0 Å². The van der Waals surface area contributed by atoms with Crippen molar-refractivity contribution in [3.05, 3.63) is 36.6 Å². The van der Waals surface area contributed by atoms with Crippen molar-refractivity contribution in [3.8, 4) is 11.4 Å². The first-order valence-electron chi connectivity index (χ1n) is 3.94. The van der Waals surface area contributed by atoms with E-state index in [2.05, 4.69) is 10.3 Å². The summed E-state index contributed by atoms with van der Waals surface area (Å²) < 4.78 is 8.59. The second-order valence-corrected chi connectivity index (χ2v) is 2.31. The first-order chi connectivity index (χ1) is 6.25. The zero-order valence-corrected chi connectivity index (χ0v) is 6.18. The average Bonchev–Trinajstić information content (AvgIpc) is 2.52. The number of benzene rings is 1. The van der Waals surface area contributed by atoms with Crippen LogP contribution in [0.4, 0.5) is 0 Å². The first-order valence-corrected chi connectivity index (χ1v) is 3.44. The fourth-order valence-corrected chi connectivity index (χ4v) is 0.942. The van der Waals surface area contributed by atoms with Gasteiger partial charge < -0.3 is 5.11 Å². The second kappa shape index (κ2) is 2.65. The zero-order valence-electron chi connectivity index (χ0n) is 7.18. The molecular weight excluding hydrogens is 154 g/mol. The molecule has 0 fully saturated rings. The summed E-state index contributed by atoms with van der Waals surface area (Å²) in [5, 5.41) is 16.4. The van der Waals surface area contributed by atoms with Gasteiger partial charge in [0, 0.05) is 6.07 Å². The molecule has 1 aromatic carbocycles. The van der Waals surface area contributed by atoms with Crippen LogP contribution in [0.3, 0.4) is 0 Å². The molecular formula is C8H7N3O. The fourth-order valence-electron chi connectivity index (χ4n) is 0.942. The molecule has 1 N–H and O–H groups in total. The number of aromatic nitrogens is 3. The standard InChI is InChI=1S/C8H7N3O/c12-8-3-1-2-7(6-8)11-5-4-9-10-11/h1-6,12H/i4D. The summed E-state index contributed by atoms with van der Waals surface area (Å²) in [6.07, 6.45) is 1.57. The van der Waals surface area contributed by atoms with Gasteiger partial charge in [0.05, 0.1) is 19.4 Å². The molecule has 0 saturated carbocycles. The van der Waals surface area contributed by atoms with Crippen molar-refractivity contribution in [3.63, 3.8) is 0 Å². The van der Waals surface area contributed by atoms with Crippen LogP contribution in [0.1, 0.15) is 1.37 Å². The van der Waals surface area contributed by atoms with E-state index in [-0.39, 0.29) is 11.9 Å². The van der Waals surface area contributed by atoms with Crippen LogP contribution in [0.5, 0.6) is 5.75 Å². The molecule has 0 aliphatic heterocycles. The molecule has 0 unspecified atom stereocenters. The lowest BCUT2D eigenvalue weighted by atomic mass is 10.3. The number of hydrogen-bond acceptors (Lipinski definition) is 3. The first kappa shape index (κ1) is 5.77. The van der Waals surface area contributed by atoms with E-state index in [1.807, 2.05) is 0 Å². The highest BCUT2D eigenvalue weighted by atomic mass is 16.3. The molecule has 1 heterocycles. The largest absolute Gasteiger partial charge is 0.508 e. The molecule has 0 amide bonds. The lowest BCUT2D eigenvalue weighted by Crippen LogP contribution is -1.93. The van der Waals surface area contributed by atoms with Gasteiger partial charge in [-0.2, -0.15) is 0 Å². The smallest absolute Gasteiger partial charge is 0.117 e. The van der Waals surface area contributed by atoms with E-state index in [1.165, 1.54) is 10.9 Å². The monoisotopic (exact) mass is 162 g/mol. The van der Waals surface area contributed by atoms with Gasteiger partial charge in [-0.05, 0) is 12.1 Å². The van der Waals surface area contributed by atoms with Gasteiger partial charge in [-0.1, -0.05) is 11.3 Å². The van der Waals surface area contributed by atoms with Crippen LogP contribution in [0, 0.1) is 0 Å². The molecule has 0 radical (unpaired) electrons. The summed E-state index contributed by atoms with van der Waals surface area (Å²) in [6.45, 7) is 0. The van der Waals surface area contributed by atoms with Crippen LogP contribution in [-0.4, -0.2) is 20.1 Å². The minimum absolute atomic E-state index is 0.100. The van der Waals surface area contributed by atoms with Gasteiger partial charge in [0.2, 0.25) is 0 Å². The maximum absolute atomic E-state index is 9.17. The Bertz CT molecular complexity index is 427. The van der Waals surface area contributed by atoms with Crippen molar-refractivity contribution >= 4 is 0 Å². The van der Waals surface area contributed by atoms with Crippen molar-refractivity contribution in [2.45, 2.75) is 0 Å². The van der Waals surface area contributed by atoms with Gasteiger partial charge in [-0.15, -0.1) is 5.10 Å². The molecule has 12 heavy (non-hydrogen) atoms. The van der Waals surface area contributed by atoms with Gasteiger partial charge >= 0.3 is 0 Å². The SMILES string of the molecule is [2H]c1cn(-c2cccc(O)c2)nn1. The normalized spacial score (nSPS) is 11.2. The maximum atomic E-state index is 9.17. The van der Waals surface area contributed by atoms with Gasteiger partial charge in [-0.3, -0.25) is 0 Å². The van der Waals surface area contributed by atoms with E-state index in [4.69, 9.17) is 1.37 Å². The molecule has 1 aromatic heterocycles. The van der Waals surface area contributed by atoms with E-state index in [1.54, 1.807) is 24.3 Å². The van der Waals surface area contributed by atoms with Gasteiger partial charge in [-0.25, -0.2) is 4.68 Å². The van der Waals surface area contributed by atoms with Crippen LogP contribution >= 0.6 is 0 Å². The van der Waals surface area contributed by atoms with Crippen molar-refractivity contribution in [2.24, 2.45) is 0 Å². The predicted molar refractivity (Wildman–Crippen MR) is 43.0 cm³/mol. The van der Waals surface area contributed by atoms with Crippen molar-refractivity contribution in [1.29, 1.82) is 0 Å². The van der Waals surface area contributed by atoms with E-state index in [0.29, 0.717) is 5.69 Å². The second-order valence-electron chi connectivity index (χ2n) is 2.31. The Balaban J connectivity index is 2.46. The molecule has 0 atom stereocenters. The third-order valence-electron chi connectivity index (χ3n) is 1.47. The average molecular weight is 162 g/mol. The van der Waals surface area contributed by atoms with Gasteiger partial charge in [0.25, 0.3) is 0 Å². The van der Waals surface area contributed by atoms with Gasteiger partial charge in [0.1, 0.15) is 5.75 Å². The molecule has 60 valence electrons. The van der Waals surface area contributed by atoms with E-state index in [0.717, 1.165) is 0 Å². The Morgan fingerprint density at radius 1 is 1.50 bits per heavy atom. The van der Waals surface area contributed by atoms with E-state index < -0.39 is 0 Å².